The molecule has 1 amide bonds. The van der Waals surface area contributed by atoms with Crippen LogP contribution in [-0.2, 0) is 6.42 Å². The summed E-state index contributed by atoms with van der Waals surface area (Å²) in [5, 5.41) is 9.89. The predicted octanol–water partition coefficient (Wildman–Crippen LogP) is 4.78. The third-order valence-electron chi connectivity index (χ3n) is 4.81. The summed E-state index contributed by atoms with van der Waals surface area (Å²) in [6.07, 6.45) is 2.63. The van der Waals surface area contributed by atoms with Crippen molar-refractivity contribution in [1.29, 1.82) is 5.26 Å². The molecule has 0 unspecified atom stereocenters. The van der Waals surface area contributed by atoms with Crippen molar-refractivity contribution in [2.24, 2.45) is 0 Å². The zero-order valence-corrected chi connectivity index (χ0v) is 19.7. The molecule has 0 aliphatic heterocycles. The molecule has 3 rings (SSSR count). The zero-order chi connectivity index (χ0) is 22.4. The lowest BCUT2D eigenvalue weighted by atomic mass is 10.1. The van der Waals surface area contributed by atoms with Gasteiger partial charge in [0.25, 0.3) is 5.91 Å². The SMILES string of the molecule is CSNC(=O)c1nc(N(CCc2ccc(N(C)C)cc2)c2ccc(C#N)cc2)sc1C. The highest BCUT2D eigenvalue weighted by Gasteiger charge is 2.20. The van der Waals surface area contributed by atoms with E-state index in [0.29, 0.717) is 17.8 Å². The first-order valence-corrected chi connectivity index (χ1v) is 11.8. The van der Waals surface area contributed by atoms with Gasteiger partial charge in [0.15, 0.2) is 5.13 Å². The molecule has 0 radical (unpaired) electrons. The van der Waals surface area contributed by atoms with E-state index in [4.69, 9.17) is 5.26 Å². The lowest BCUT2D eigenvalue weighted by molar-refractivity contribution is 0.0980. The number of anilines is 3. The van der Waals surface area contributed by atoms with E-state index in [1.807, 2.05) is 39.4 Å². The Morgan fingerprint density at radius 2 is 1.77 bits per heavy atom. The summed E-state index contributed by atoms with van der Waals surface area (Å²) in [7, 11) is 4.05. The minimum Gasteiger partial charge on any atom is -0.378 e. The molecule has 1 heterocycles. The summed E-state index contributed by atoms with van der Waals surface area (Å²) in [5.74, 6) is -0.188. The maximum atomic E-state index is 12.3. The molecule has 0 saturated heterocycles. The number of rotatable bonds is 8. The second-order valence-electron chi connectivity index (χ2n) is 7.16. The quantitative estimate of drug-likeness (QED) is 0.497. The molecule has 0 bridgehead atoms. The van der Waals surface area contributed by atoms with E-state index in [-0.39, 0.29) is 5.91 Å². The molecule has 2 aromatic carbocycles. The van der Waals surface area contributed by atoms with Crippen LogP contribution in [0.25, 0.3) is 0 Å². The number of carbonyl (C=O) groups excluding carboxylic acids is 1. The molecule has 8 heteroatoms. The number of aryl methyl sites for hydroxylation is 1. The molecule has 1 aromatic heterocycles. The number of nitrogens with one attached hydrogen (secondary N) is 1. The van der Waals surface area contributed by atoms with Crippen molar-refractivity contribution in [3.8, 4) is 6.07 Å². The molecule has 6 nitrogen and oxygen atoms in total. The van der Waals surface area contributed by atoms with Crippen molar-refractivity contribution < 1.29 is 4.79 Å². The lowest BCUT2D eigenvalue weighted by Gasteiger charge is -2.22. The van der Waals surface area contributed by atoms with Crippen LogP contribution in [0.5, 0.6) is 0 Å². The van der Waals surface area contributed by atoms with Crippen LogP contribution in [0, 0.1) is 18.3 Å². The largest absolute Gasteiger partial charge is 0.378 e. The van der Waals surface area contributed by atoms with Crippen LogP contribution in [0.3, 0.4) is 0 Å². The summed E-state index contributed by atoms with van der Waals surface area (Å²) < 4.78 is 2.75. The number of aromatic nitrogens is 1. The first-order chi connectivity index (χ1) is 14.9. The minimum atomic E-state index is -0.188. The molecule has 3 aromatic rings. The molecule has 0 aliphatic rings. The van der Waals surface area contributed by atoms with Gasteiger partial charge in [0.2, 0.25) is 0 Å². The van der Waals surface area contributed by atoms with Gasteiger partial charge in [-0.3, -0.25) is 9.52 Å². The fourth-order valence-corrected chi connectivity index (χ4v) is 4.34. The molecular formula is C23H25N5OS2. The van der Waals surface area contributed by atoms with Gasteiger partial charge < -0.3 is 9.80 Å². The van der Waals surface area contributed by atoms with E-state index in [0.717, 1.165) is 27.8 Å². The molecule has 0 atom stereocenters. The Hall–Kier alpha value is -3.02. The number of amides is 1. The van der Waals surface area contributed by atoms with Gasteiger partial charge in [-0.2, -0.15) is 5.26 Å². The van der Waals surface area contributed by atoms with Gasteiger partial charge in [-0.25, -0.2) is 4.98 Å². The Kier molecular flexibility index (Phi) is 7.55. The monoisotopic (exact) mass is 451 g/mol. The molecule has 0 fully saturated rings. The Labute approximate surface area is 191 Å². The van der Waals surface area contributed by atoms with Gasteiger partial charge in [-0.1, -0.05) is 24.1 Å². The standard InChI is InChI=1S/C23H25N5OS2/c1-16-21(22(29)26-30-4)25-23(31-16)28(20-11-7-18(15-24)8-12-20)14-13-17-5-9-19(10-6-17)27(2)3/h5-12H,13-14H2,1-4H3,(H,26,29). The highest BCUT2D eigenvalue weighted by molar-refractivity contribution is 7.97. The van der Waals surface area contributed by atoms with Gasteiger partial charge >= 0.3 is 0 Å². The number of nitrogens with zero attached hydrogens (tertiary/aromatic N) is 4. The molecule has 31 heavy (non-hydrogen) atoms. The average Bonchev–Trinajstić information content (AvgIpc) is 3.16. The van der Waals surface area contributed by atoms with Crippen LogP contribution in [-0.4, -0.2) is 37.8 Å². The molecule has 0 spiro atoms. The van der Waals surface area contributed by atoms with Crippen molar-refractivity contribution in [3.05, 3.63) is 70.2 Å². The van der Waals surface area contributed by atoms with Crippen molar-refractivity contribution in [3.63, 3.8) is 0 Å². The van der Waals surface area contributed by atoms with E-state index < -0.39 is 0 Å². The van der Waals surface area contributed by atoms with Crippen molar-refractivity contribution >= 4 is 45.7 Å². The molecule has 1 N–H and O–H groups in total. The molecule has 0 saturated carbocycles. The normalized spacial score (nSPS) is 10.4. The van der Waals surface area contributed by atoms with Crippen LogP contribution in [0.4, 0.5) is 16.5 Å². The maximum absolute atomic E-state index is 12.3. The second-order valence-corrected chi connectivity index (χ2v) is 8.95. The fourth-order valence-electron chi connectivity index (χ4n) is 3.10. The Morgan fingerprint density at radius 3 is 2.35 bits per heavy atom. The van der Waals surface area contributed by atoms with Gasteiger partial charge in [0, 0.05) is 43.1 Å². The van der Waals surface area contributed by atoms with Crippen LogP contribution < -0.4 is 14.5 Å². The third kappa shape index (κ3) is 5.57. The van der Waals surface area contributed by atoms with E-state index in [2.05, 4.69) is 49.8 Å². The minimum absolute atomic E-state index is 0.188. The number of carbonyl (C=O) groups is 1. The fraction of sp³-hybridized carbons (Fsp3) is 0.261. The third-order valence-corrected chi connectivity index (χ3v) is 6.19. The number of hydrogen-bond donors (Lipinski definition) is 1. The highest BCUT2D eigenvalue weighted by Crippen LogP contribution is 2.32. The summed E-state index contributed by atoms with van der Waals surface area (Å²) in [6, 6.07) is 18.1. The second kappa shape index (κ2) is 10.3. The number of benzene rings is 2. The van der Waals surface area contributed by atoms with Crippen molar-refractivity contribution in [2.75, 3.05) is 36.7 Å². The number of thiazole rings is 1. The van der Waals surface area contributed by atoms with Crippen LogP contribution >= 0.6 is 23.3 Å². The molecule has 0 aliphatic carbocycles. The van der Waals surface area contributed by atoms with Gasteiger partial charge in [0.1, 0.15) is 5.69 Å². The smallest absolute Gasteiger partial charge is 0.280 e. The summed E-state index contributed by atoms with van der Waals surface area (Å²) in [5.41, 5.74) is 4.38. The lowest BCUT2D eigenvalue weighted by Crippen LogP contribution is -2.21. The van der Waals surface area contributed by atoms with Gasteiger partial charge in [-0.05, 0) is 55.3 Å². The maximum Gasteiger partial charge on any atom is 0.280 e. The van der Waals surface area contributed by atoms with Crippen LogP contribution in [0.2, 0.25) is 0 Å². The van der Waals surface area contributed by atoms with Crippen LogP contribution in [0.15, 0.2) is 48.5 Å². The van der Waals surface area contributed by atoms with E-state index >= 15 is 0 Å². The van der Waals surface area contributed by atoms with E-state index in [9.17, 15) is 4.79 Å². The summed E-state index contributed by atoms with van der Waals surface area (Å²) in [6.45, 7) is 2.61. The van der Waals surface area contributed by atoms with Gasteiger partial charge in [-0.15, -0.1) is 11.3 Å². The van der Waals surface area contributed by atoms with Crippen molar-refractivity contribution in [1.82, 2.24) is 9.71 Å². The first kappa shape index (κ1) is 22.7. The molecule has 160 valence electrons. The Balaban J connectivity index is 1.89. The van der Waals surface area contributed by atoms with Crippen molar-refractivity contribution in [2.45, 2.75) is 13.3 Å². The topological polar surface area (TPSA) is 72.3 Å². The van der Waals surface area contributed by atoms with E-state index in [1.54, 1.807) is 12.1 Å². The number of hydrogen-bond acceptors (Lipinski definition) is 7. The summed E-state index contributed by atoms with van der Waals surface area (Å²) >= 11 is 2.76. The number of nitriles is 1. The zero-order valence-electron chi connectivity index (χ0n) is 18.0. The Bertz CT molecular complexity index is 1070. The van der Waals surface area contributed by atoms with Gasteiger partial charge in [0.05, 0.1) is 11.6 Å². The Morgan fingerprint density at radius 1 is 1.13 bits per heavy atom. The predicted molar refractivity (Wildman–Crippen MR) is 130 cm³/mol. The average molecular weight is 452 g/mol. The van der Waals surface area contributed by atoms with E-state index in [1.165, 1.54) is 28.8 Å². The molecular weight excluding hydrogens is 426 g/mol. The summed E-state index contributed by atoms with van der Waals surface area (Å²) in [4.78, 5) is 22.0. The van der Waals surface area contributed by atoms with Crippen LogP contribution in [0.1, 0.15) is 26.5 Å². The highest BCUT2D eigenvalue weighted by atomic mass is 32.2. The first-order valence-electron chi connectivity index (χ1n) is 9.77.